The first-order chi connectivity index (χ1) is 12.7. The van der Waals surface area contributed by atoms with Gasteiger partial charge in [0, 0.05) is 48.2 Å². The molecule has 4 rings (SSSR count). The number of carbonyl (C=O) groups is 1. The van der Waals surface area contributed by atoms with E-state index in [-0.39, 0.29) is 17.6 Å². The predicted octanol–water partition coefficient (Wildman–Crippen LogP) is 3.63. The number of aromatic amines is 1. The molecule has 0 spiro atoms. The van der Waals surface area contributed by atoms with Crippen LogP contribution in [0.3, 0.4) is 0 Å². The van der Waals surface area contributed by atoms with Crippen LogP contribution in [0.2, 0.25) is 0 Å². The van der Waals surface area contributed by atoms with Gasteiger partial charge in [0.15, 0.2) is 0 Å². The van der Waals surface area contributed by atoms with Crippen molar-refractivity contribution in [2.45, 2.75) is 18.8 Å². The van der Waals surface area contributed by atoms with Crippen LogP contribution in [0.1, 0.15) is 34.8 Å². The lowest BCUT2D eigenvalue weighted by molar-refractivity contribution is 0.0706. The van der Waals surface area contributed by atoms with E-state index in [9.17, 15) is 9.18 Å². The van der Waals surface area contributed by atoms with Crippen LogP contribution in [0.5, 0.6) is 0 Å². The number of hydrogen-bond acceptors (Lipinski definition) is 3. The van der Waals surface area contributed by atoms with Gasteiger partial charge in [-0.15, -0.1) is 0 Å². The zero-order valence-electron chi connectivity index (χ0n) is 14.2. The summed E-state index contributed by atoms with van der Waals surface area (Å²) in [7, 11) is 0. The van der Waals surface area contributed by atoms with Crippen molar-refractivity contribution in [3.8, 4) is 11.3 Å². The second-order valence-electron chi connectivity index (χ2n) is 6.54. The fraction of sp³-hybridized carbons (Fsp3) is 0.250. The van der Waals surface area contributed by atoms with Gasteiger partial charge in [0.25, 0.3) is 5.91 Å². The van der Waals surface area contributed by atoms with E-state index in [1.807, 2.05) is 23.1 Å². The first-order valence-electron chi connectivity index (χ1n) is 8.71. The van der Waals surface area contributed by atoms with Crippen molar-refractivity contribution < 1.29 is 9.18 Å². The molecular formula is C20H19FN4O. The van der Waals surface area contributed by atoms with E-state index < -0.39 is 0 Å². The Morgan fingerprint density at radius 1 is 1.15 bits per heavy atom. The number of pyridine rings is 1. The minimum Gasteiger partial charge on any atom is -0.338 e. The highest BCUT2D eigenvalue weighted by Gasteiger charge is 2.26. The maximum absolute atomic E-state index is 13.1. The third kappa shape index (κ3) is 3.35. The Morgan fingerprint density at radius 3 is 2.69 bits per heavy atom. The number of nitrogens with zero attached hydrogens (tertiary/aromatic N) is 3. The molecule has 0 unspecified atom stereocenters. The Morgan fingerprint density at radius 2 is 1.92 bits per heavy atom. The number of likely N-dealkylation sites (tertiary alicyclic amines) is 1. The van der Waals surface area contributed by atoms with Gasteiger partial charge in [-0.05, 0) is 55.3 Å². The predicted molar refractivity (Wildman–Crippen MR) is 96.1 cm³/mol. The number of piperidine rings is 1. The van der Waals surface area contributed by atoms with Crippen molar-refractivity contribution in [3.05, 3.63) is 71.9 Å². The Kier molecular flexibility index (Phi) is 4.48. The maximum atomic E-state index is 13.1. The van der Waals surface area contributed by atoms with Gasteiger partial charge in [-0.1, -0.05) is 0 Å². The monoisotopic (exact) mass is 350 g/mol. The summed E-state index contributed by atoms with van der Waals surface area (Å²) in [5, 5.41) is 7.52. The molecule has 132 valence electrons. The van der Waals surface area contributed by atoms with E-state index in [1.54, 1.807) is 24.5 Å². The summed E-state index contributed by atoms with van der Waals surface area (Å²) in [5.74, 6) is -0.168. The van der Waals surface area contributed by atoms with Gasteiger partial charge >= 0.3 is 0 Å². The highest BCUT2D eigenvalue weighted by Crippen LogP contribution is 2.29. The number of carbonyl (C=O) groups excluding carboxylic acids is 1. The Balaban J connectivity index is 1.49. The first kappa shape index (κ1) is 16.4. The normalized spacial score (nSPS) is 17.3. The van der Waals surface area contributed by atoms with Crippen molar-refractivity contribution in [2.24, 2.45) is 0 Å². The fourth-order valence-corrected chi connectivity index (χ4v) is 3.41. The highest BCUT2D eigenvalue weighted by molar-refractivity contribution is 5.94. The van der Waals surface area contributed by atoms with Gasteiger partial charge in [-0.2, -0.15) is 5.10 Å². The van der Waals surface area contributed by atoms with Crippen LogP contribution in [0, 0.1) is 5.82 Å². The van der Waals surface area contributed by atoms with Crippen LogP contribution >= 0.6 is 0 Å². The largest absolute Gasteiger partial charge is 0.338 e. The summed E-state index contributed by atoms with van der Waals surface area (Å²) in [6.07, 6.45) is 5.42. The molecule has 26 heavy (non-hydrogen) atoms. The average Bonchev–Trinajstić information content (AvgIpc) is 3.19. The Labute approximate surface area is 150 Å². The minimum absolute atomic E-state index is 0.0522. The molecule has 0 saturated carbocycles. The lowest BCUT2D eigenvalue weighted by Crippen LogP contribution is -2.39. The van der Waals surface area contributed by atoms with Crippen LogP contribution in [0.4, 0.5) is 4.39 Å². The summed E-state index contributed by atoms with van der Waals surface area (Å²) in [6.45, 7) is 1.35. The standard InChI is InChI=1S/C20H19FN4O/c21-17-5-3-15(4-6-17)20(26)25-11-1-2-16(13-25)19-12-18(23-24-19)14-7-9-22-10-8-14/h3-10,12,16H,1-2,11,13H2,(H,23,24)/t16-/m0/s1. The van der Waals surface area contributed by atoms with E-state index in [4.69, 9.17) is 0 Å². The third-order valence-corrected chi connectivity index (χ3v) is 4.81. The number of amides is 1. The molecule has 2 aromatic heterocycles. The maximum Gasteiger partial charge on any atom is 0.253 e. The molecular weight excluding hydrogens is 331 g/mol. The molecule has 1 aliphatic heterocycles. The van der Waals surface area contributed by atoms with Crippen LogP contribution < -0.4 is 0 Å². The highest BCUT2D eigenvalue weighted by atomic mass is 19.1. The molecule has 1 aliphatic rings. The van der Waals surface area contributed by atoms with Gasteiger partial charge in [0.1, 0.15) is 5.82 Å². The zero-order chi connectivity index (χ0) is 17.9. The van der Waals surface area contributed by atoms with E-state index >= 15 is 0 Å². The first-order valence-corrected chi connectivity index (χ1v) is 8.71. The summed E-state index contributed by atoms with van der Waals surface area (Å²) in [4.78, 5) is 18.6. The lowest BCUT2D eigenvalue weighted by Gasteiger charge is -2.32. The van der Waals surface area contributed by atoms with Gasteiger partial charge in [0.2, 0.25) is 0 Å². The molecule has 1 amide bonds. The van der Waals surface area contributed by atoms with E-state index in [1.165, 1.54) is 12.1 Å². The second-order valence-corrected chi connectivity index (χ2v) is 6.54. The number of nitrogens with one attached hydrogen (secondary N) is 1. The van der Waals surface area contributed by atoms with Gasteiger partial charge < -0.3 is 4.90 Å². The van der Waals surface area contributed by atoms with Crippen molar-refractivity contribution in [1.29, 1.82) is 0 Å². The zero-order valence-corrected chi connectivity index (χ0v) is 14.2. The number of rotatable bonds is 3. The summed E-state index contributed by atoms with van der Waals surface area (Å²) >= 11 is 0. The van der Waals surface area contributed by atoms with Gasteiger partial charge in [-0.3, -0.25) is 14.9 Å². The molecule has 3 aromatic rings. The average molecular weight is 350 g/mol. The van der Waals surface area contributed by atoms with Gasteiger partial charge in [0.05, 0.1) is 5.69 Å². The van der Waals surface area contributed by atoms with Crippen molar-refractivity contribution in [1.82, 2.24) is 20.1 Å². The van der Waals surface area contributed by atoms with Crippen LogP contribution in [0.15, 0.2) is 54.9 Å². The van der Waals surface area contributed by atoms with Crippen LogP contribution in [0.25, 0.3) is 11.3 Å². The number of halogens is 1. The minimum atomic E-state index is -0.334. The molecule has 6 heteroatoms. The molecule has 5 nitrogen and oxygen atoms in total. The molecule has 1 fully saturated rings. The smallest absolute Gasteiger partial charge is 0.253 e. The molecule has 1 saturated heterocycles. The van der Waals surface area contributed by atoms with Crippen molar-refractivity contribution in [2.75, 3.05) is 13.1 Å². The molecule has 0 radical (unpaired) electrons. The fourth-order valence-electron chi connectivity index (χ4n) is 3.41. The van der Waals surface area contributed by atoms with Gasteiger partial charge in [-0.25, -0.2) is 4.39 Å². The van der Waals surface area contributed by atoms with Crippen LogP contribution in [-0.2, 0) is 0 Å². The SMILES string of the molecule is O=C(c1ccc(F)cc1)N1CCC[C@H](c2cc(-c3ccncc3)n[nH]2)C1. The molecule has 1 aromatic carbocycles. The third-order valence-electron chi connectivity index (χ3n) is 4.81. The Bertz CT molecular complexity index is 892. The van der Waals surface area contributed by atoms with E-state index in [0.29, 0.717) is 12.1 Å². The molecule has 1 atom stereocenters. The van der Waals surface area contributed by atoms with E-state index in [0.717, 1.165) is 36.3 Å². The number of aromatic nitrogens is 3. The van der Waals surface area contributed by atoms with Crippen molar-refractivity contribution >= 4 is 5.91 Å². The lowest BCUT2D eigenvalue weighted by atomic mass is 9.94. The molecule has 0 aliphatic carbocycles. The number of hydrogen-bond donors (Lipinski definition) is 1. The molecule has 3 heterocycles. The molecule has 1 N–H and O–H groups in total. The number of H-pyrrole nitrogens is 1. The van der Waals surface area contributed by atoms with Crippen molar-refractivity contribution in [3.63, 3.8) is 0 Å². The summed E-state index contributed by atoms with van der Waals surface area (Å²) in [6, 6.07) is 11.6. The second kappa shape index (κ2) is 7.07. The Hall–Kier alpha value is -3.02. The van der Waals surface area contributed by atoms with E-state index in [2.05, 4.69) is 15.2 Å². The van der Waals surface area contributed by atoms with Crippen LogP contribution in [-0.4, -0.2) is 39.1 Å². The summed E-state index contributed by atoms with van der Waals surface area (Å²) < 4.78 is 13.1. The summed E-state index contributed by atoms with van der Waals surface area (Å²) in [5.41, 5.74) is 3.45. The quantitative estimate of drug-likeness (QED) is 0.785. The molecule has 0 bridgehead atoms. The topological polar surface area (TPSA) is 61.9 Å². The number of benzene rings is 1.